The van der Waals surface area contributed by atoms with Gasteiger partial charge in [0.15, 0.2) is 0 Å². The first-order chi connectivity index (χ1) is 8.24. The zero-order valence-corrected chi connectivity index (χ0v) is 10.4. The van der Waals surface area contributed by atoms with Gasteiger partial charge in [-0.25, -0.2) is 0 Å². The van der Waals surface area contributed by atoms with Crippen LogP contribution in [0.1, 0.15) is 30.9 Å². The van der Waals surface area contributed by atoms with Crippen LogP contribution in [0.3, 0.4) is 0 Å². The molecule has 0 radical (unpaired) electrons. The Kier molecular flexibility index (Phi) is 3.65. The first-order valence-electron chi connectivity index (χ1n) is 6.05. The number of nitriles is 1. The minimum absolute atomic E-state index is 0.622. The Bertz CT molecular complexity index is 436. The molecule has 0 aliphatic carbocycles. The average Bonchev–Trinajstić information content (AvgIpc) is 2.75. The molecule has 0 amide bonds. The fourth-order valence-corrected chi connectivity index (χ4v) is 2.40. The lowest BCUT2D eigenvalue weighted by molar-refractivity contribution is 0.260. The number of rotatable bonds is 3. The van der Waals surface area contributed by atoms with E-state index >= 15 is 0 Å². The van der Waals surface area contributed by atoms with Crippen LogP contribution in [0.5, 0.6) is 5.75 Å². The molecule has 1 heterocycles. The Labute approximate surface area is 103 Å². The second-order valence-electron chi connectivity index (χ2n) is 4.61. The molecule has 1 aromatic carbocycles. The van der Waals surface area contributed by atoms with Crippen molar-refractivity contribution in [2.24, 2.45) is 0 Å². The van der Waals surface area contributed by atoms with Gasteiger partial charge in [-0.15, -0.1) is 0 Å². The highest BCUT2D eigenvalue weighted by atomic mass is 16.5. The molecule has 17 heavy (non-hydrogen) atoms. The predicted molar refractivity (Wildman–Crippen MR) is 66.8 cm³/mol. The van der Waals surface area contributed by atoms with Crippen LogP contribution in [0.25, 0.3) is 0 Å². The summed E-state index contributed by atoms with van der Waals surface area (Å²) in [5.41, 5.74) is 1.81. The van der Waals surface area contributed by atoms with Crippen LogP contribution in [0, 0.1) is 11.3 Å². The number of benzene rings is 1. The molecule has 1 saturated heterocycles. The number of ether oxygens (including phenoxy) is 1. The fourth-order valence-electron chi connectivity index (χ4n) is 2.40. The van der Waals surface area contributed by atoms with Gasteiger partial charge in [-0.05, 0) is 44.0 Å². The van der Waals surface area contributed by atoms with Gasteiger partial charge in [0.2, 0.25) is 0 Å². The standard InChI is InChI=1S/C14H18N2O/c1-11-4-3-7-16(11)10-12-5-6-14(17-2)13(8-12)9-15/h5-6,8,11H,3-4,7,10H2,1-2H3. The molecule has 1 unspecified atom stereocenters. The van der Waals surface area contributed by atoms with Crippen molar-refractivity contribution >= 4 is 0 Å². The van der Waals surface area contributed by atoms with Gasteiger partial charge >= 0.3 is 0 Å². The van der Waals surface area contributed by atoms with E-state index < -0.39 is 0 Å². The minimum Gasteiger partial charge on any atom is -0.495 e. The second kappa shape index (κ2) is 5.20. The molecule has 2 rings (SSSR count). The Hall–Kier alpha value is -1.53. The summed E-state index contributed by atoms with van der Waals surface area (Å²) in [6.07, 6.45) is 2.56. The van der Waals surface area contributed by atoms with Gasteiger partial charge < -0.3 is 4.74 Å². The maximum absolute atomic E-state index is 9.04. The van der Waals surface area contributed by atoms with Gasteiger partial charge in [-0.3, -0.25) is 4.90 Å². The zero-order valence-electron chi connectivity index (χ0n) is 10.4. The van der Waals surface area contributed by atoms with Gasteiger partial charge in [0, 0.05) is 12.6 Å². The van der Waals surface area contributed by atoms with Gasteiger partial charge in [-0.1, -0.05) is 6.07 Å². The summed E-state index contributed by atoms with van der Waals surface area (Å²) in [7, 11) is 1.60. The van der Waals surface area contributed by atoms with E-state index in [1.807, 2.05) is 18.2 Å². The number of likely N-dealkylation sites (tertiary alicyclic amines) is 1. The van der Waals surface area contributed by atoms with Crippen LogP contribution in [0.15, 0.2) is 18.2 Å². The van der Waals surface area contributed by atoms with Crippen molar-refractivity contribution in [2.75, 3.05) is 13.7 Å². The van der Waals surface area contributed by atoms with E-state index in [1.54, 1.807) is 7.11 Å². The van der Waals surface area contributed by atoms with Crippen LogP contribution < -0.4 is 4.74 Å². The lowest BCUT2D eigenvalue weighted by atomic mass is 10.1. The third-order valence-corrected chi connectivity index (χ3v) is 3.46. The maximum atomic E-state index is 9.04. The summed E-state index contributed by atoms with van der Waals surface area (Å²) in [6, 6.07) is 8.70. The summed E-state index contributed by atoms with van der Waals surface area (Å²) in [6.45, 7) is 4.36. The minimum atomic E-state index is 0.622. The lowest BCUT2D eigenvalue weighted by Crippen LogP contribution is -2.26. The van der Waals surface area contributed by atoms with Crippen LogP contribution in [-0.4, -0.2) is 24.6 Å². The van der Waals surface area contributed by atoms with Crippen LogP contribution in [0.2, 0.25) is 0 Å². The Morgan fingerprint density at radius 2 is 2.35 bits per heavy atom. The van der Waals surface area contributed by atoms with Crippen LogP contribution >= 0.6 is 0 Å². The van der Waals surface area contributed by atoms with Gasteiger partial charge in [-0.2, -0.15) is 5.26 Å². The Morgan fingerprint density at radius 3 is 2.94 bits per heavy atom. The normalized spacial score (nSPS) is 20.2. The molecule has 1 aliphatic heterocycles. The molecule has 3 heteroatoms. The van der Waals surface area contributed by atoms with E-state index in [9.17, 15) is 0 Å². The molecule has 0 spiro atoms. The van der Waals surface area contributed by atoms with E-state index in [0.717, 1.165) is 13.1 Å². The van der Waals surface area contributed by atoms with E-state index in [1.165, 1.54) is 18.4 Å². The molecule has 1 fully saturated rings. The van der Waals surface area contributed by atoms with Crippen molar-refractivity contribution in [3.8, 4) is 11.8 Å². The summed E-state index contributed by atoms with van der Waals surface area (Å²) >= 11 is 0. The number of methoxy groups -OCH3 is 1. The fraction of sp³-hybridized carbons (Fsp3) is 0.500. The second-order valence-corrected chi connectivity index (χ2v) is 4.61. The zero-order chi connectivity index (χ0) is 12.3. The topological polar surface area (TPSA) is 36.3 Å². The van der Waals surface area contributed by atoms with Crippen LogP contribution in [0.4, 0.5) is 0 Å². The van der Waals surface area contributed by atoms with Crippen LogP contribution in [-0.2, 0) is 6.54 Å². The number of hydrogen-bond acceptors (Lipinski definition) is 3. The molecule has 0 aromatic heterocycles. The van der Waals surface area contributed by atoms with Gasteiger partial charge in [0.25, 0.3) is 0 Å². The van der Waals surface area contributed by atoms with E-state index in [0.29, 0.717) is 17.4 Å². The monoisotopic (exact) mass is 230 g/mol. The van der Waals surface area contributed by atoms with Crippen molar-refractivity contribution in [3.63, 3.8) is 0 Å². The average molecular weight is 230 g/mol. The maximum Gasteiger partial charge on any atom is 0.136 e. The highest BCUT2D eigenvalue weighted by Gasteiger charge is 2.20. The van der Waals surface area contributed by atoms with Crippen molar-refractivity contribution in [3.05, 3.63) is 29.3 Å². The van der Waals surface area contributed by atoms with Crippen molar-refractivity contribution in [1.82, 2.24) is 4.90 Å². The molecule has 1 aliphatic rings. The molecular weight excluding hydrogens is 212 g/mol. The molecule has 0 bridgehead atoms. The van der Waals surface area contributed by atoms with E-state index in [4.69, 9.17) is 10.00 Å². The number of hydrogen-bond donors (Lipinski definition) is 0. The quantitative estimate of drug-likeness (QED) is 0.800. The van der Waals surface area contributed by atoms with E-state index in [2.05, 4.69) is 17.9 Å². The smallest absolute Gasteiger partial charge is 0.136 e. The molecule has 1 aromatic rings. The highest BCUT2D eigenvalue weighted by molar-refractivity contribution is 5.45. The number of nitrogens with zero attached hydrogens (tertiary/aromatic N) is 2. The third kappa shape index (κ3) is 2.59. The molecule has 0 saturated carbocycles. The molecule has 3 nitrogen and oxygen atoms in total. The Balaban J connectivity index is 2.14. The van der Waals surface area contributed by atoms with Gasteiger partial charge in [0.1, 0.15) is 11.8 Å². The van der Waals surface area contributed by atoms with Gasteiger partial charge in [0.05, 0.1) is 12.7 Å². The third-order valence-electron chi connectivity index (χ3n) is 3.46. The molecular formula is C14H18N2O. The summed E-state index contributed by atoms with van der Waals surface area (Å²) in [4.78, 5) is 2.46. The largest absolute Gasteiger partial charge is 0.495 e. The summed E-state index contributed by atoms with van der Waals surface area (Å²) in [5, 5.41) is 9.04. The van der Waals surface area contributed by atoms with Crippen molar-refractivity contribution in [1.29, 1.82) is 5.26 Å². The van der Waals surface area contributed by atoms with Crippen molar-refractivity contribution < 1.29 is 4.74 Å². The molecule has 1 atom stereocenters. The highest BCUT2D eigenvalue weighted by Crippen LogP contribution is 2.23. The first kappa shape index (κ1) is 11.9. The van der Waals surface area contributed by atoms with E-state index in [-0.39, 0.29) is 0 Å². The predicted octanol–water partition coefficient (Wildman–Crippen LogP) is 2.55. The summed E-state index contributed by atoms with van der Waals surface area (Å²) in [5.74, 6) is 0.658. The molecule has 90 valence electrons. The SMILES string of the molecule is COc1ccc(CN2CCCC2C)cc1C#N. The first-order valence-corrected chi connectivity index (χ1v) is 6.05. The Morgan fingerprint density at radius 1 is 1.53 bits per heavy atom. The lowest BCUT2D eigenvalue weighted by Gasteiger charge is -2.21. The van der Waals surface area contributed by atoms with Crippen molar-refractivity contribution in [2.45, 2.75) is 32.4 Å². The molecule has 0 N–H and O–H groups in total. The summed E-state index contributed by atoms with van der Waals surface area (Å²) < 4.78 is 5.15.